The molecule has 134 valence electrons. The molecule has 0 aliphatic heterocycles. The molecular formula is C21H20BrNO2S. The minimum atomic E-state index is -3.66. The molecule has 3 aromatic rings. The molecule has 5 heteroatoms. The Morgan fingerprint density at radius 1 is 0.769 bits per heavy atom. The molecule has 0 aromatic heterocycles. The highest BCUT2D eigenvalue weighted by Gasteiger charge is 2.28. The Morgan fingerprint density at radius 2 is 1.27 bits per heavy atom. The number of nitrogens with one attached hydrogen (secondary N) is 1. The van der Waals surface area contributed by atoms with E-state index in [1.165, 1.54) is 0 Å². The van der Waals surface area contributed by atoms with E-state index >= 15 is 0 Å². The summed E-state index contributed by atoms with van der Waals surface area (Å²) >= 11 is 3.70. The van der Waals surface area contributed by atoms with E-state index in [0.717, 1.165) is 16.7 Å². The van der Waals surface area contributed by atoms with Crippen LogP contribution in [-0.2, 0) is 10.0 Å². The number of benzene rings is 3. The Labute approximate surface area is 163 Å². The fourth-order valence-electron chi connectivity index (χ4n) is 2.74. The average Bonchev–Trinajstić information content (AvgIpc) is 2.67. The molecule has 0 fully saturated rings. The maximum atomic E-state index is 12.9. The van der Waals surface area contributed by atoms with Gasteiger partial charge >= 0.3 is 0 Å². The maximum absolute atomic E-state index is 12.9. The van der Waals surface area contributed by atoms with Gasteiger partial charge in [-0.3, -0.25) is 0 Å². The second-order valence-electron chi connectivity index (χ2n) is 6.14. The maximum Gasteiger partial charge on any atom is 0.241 e. The first-order valence-corrected chi connectivity index (χ1v) is 10.7. The van der Waals surface area contributed by atoms with Gasteiger partial charge < -0.3 is 0 Å². The molecule has 0 saturated heterocycles. The summed E-state index contributed by atoms with van der Waals surface area (Å²) in [5, 5.41) is 0. The van der Waals surface area contributed by atoms with Crippen LogP contribution < -0.4 is 4.72 Å². The number of rotatable bonds is 6. The van der Waals surface area contributed by atoms with Gasteiger partial charge in [0, 0.05) is 0 Å². The SMILES string of the molecule is Cc1ccc(S(=O)(=O)N[C@H](c2ccccc2)[C@@H](Br)c2ccccc2)cc1. The summed E-state index contributed by atoms with van der Waals surface area (Å²) in [4.78, 5) is 0.0584. The zero-order valence-corrected chi connectivity index (χ0v) is 16.7. The first-order valence-electron chi connectivity index (χ1n) is 8.30. The quantitative estimate of drug-likeness (QED) is 0.550. The van der Waals surface area contributed by atoms with E-state index in [9.17, 15) is 8.42 Å². The number of hydrogen-bond acceptors (Lipinski definition) is 2. The van der Waals surface area contributed by atoms with Crippen LogP contribution in [-0.4, -0.2) is 8.42 Å². The largest absolute Gasteiger partial charge is 0.241 e. The van der Waals surface area contributed by atoms with Gasteiger partial charge in [-0.25, -0.2) is 13.1 Å². The zero-order valence-electron chi connectivity index (χ0n) is 14.3. The van der Waals surface area contributed by atoms with Crippen molar-refractivity contribution in [1.82, 2.24) is 4.72 Å². The lowest BCUT2D eigenvalue weighted by molar-refractivity contribution is 0.553. The molecule has 0 aliphatic carbocycles. The predicted octanol–water partition coefficient (Wildman–Crippen LogP) is 5.15. The third-order valence-electron chi connectivity index (χ3n) is 4.18. The van der Waals surface area contributed by atoms with Crippen LogP contribution in [0.4, 0.5) is 0 Å². The Kier molecular flexibility index (Phi) is 5.91. The Hall–Kier alpha value is -1.95. The smallest absolute Gasteiger partial charge is 0.207 e. The molecule has 0 unspecified atom stereocenters. The van der Waals surface area contributed by atoms with E-state index in [1.807, 2.05) is 67.6 Å². The van der Waals surface area contributed by atoms with Crippen molar-refractivity contribution in [2.75, 3.05) is 0 Å². The van der Waals surface area contributed by atoms with E-state index in [-0.39, 0.29) is 9.72 Å². The van der Waals surface area contributed by atoms with Crippen LogP contribution in [0.5, 0.6) is 0 Å². The van der Waals surface area contributed by atoms with Crippen LogP contribution in [0.3, 0.4) is 0 Å². The minimum absolute atomic E-state index is 0.202. The number of sulfonamides is 1. The predicted molar refractivity (Wildman–Crippen MR) is 109 cm³/mol. The molecule has 3 nitrogen and oxygen atoms in total. The summed E-state index contributed by atoms with van der Waals surface area (Å²) in [6.07, 6.45) is 0. The minimum Gasteiger partial charge on any atom is -0.207 e. The fourth-order valence-corrected chi connectivity index (χ4v) is 4.89. The van der Waals surface area contributed by atoms with Gasteiger partial charge in [-0.1, -0.05) is 94.3 Å². The van der Waals surface area contributed by atoms with E-state index in [0.29, 0.717) is 0 Å². The van der Waals surface area contributed by atoms with Crippen molar-refractivity contribution in [2.24, 2.45) is 0 Å². The molecule has 0 radical (unpaired) electrons. The molecular weight excluding hydrogens is 410 g/mol. The van der Waals surface area contributed by atoms with Crippen LogP contribution >= 0.6 is 15.9 Å². The third-order valence-corrected chi connectivity index (χ3v) is 6.70. The van der Waals surface area contributed by atoms with Gasteiger partial charge in [-0.15, -0.1) is 0 Å². The van der Waals surface area contributed by atoms with Gasteiger partial charge in [-0.05, 0) is 30.2 Å². The zero-order chi connectivity index (χ0) is 18.6. The highest BCUT2D eigenvalue weighted by Crippen LogP contribution is 2.37. The molecule has 3 rings (SSSR count). The Bertz CT molecular complexity index is 942. The lowest BCUT2D eigenvalue weighted by Crippen LogP contribution is -2.31. The van der Waals surface area contributed by atoms with Crippen molar-refractivity contribution in [1.29, 1.82) is 0 Å². The second-order valence-corrected chi connectivity index (χ2v) is 8.84. The van der Waals surface area contributed by atoms with Gasteiger partial charge in [0.1, 0.15) is 0 Å². The second kappa shape index (κ2) is 8.16. The molecule has 0 aliphatic rings. The topological polar surface area (TPSA) is 46.2 Å². The summed E-state index contributed by atoms with van der Waals surface area (Å²) in [5.41, 5.74) is 2.92. The summed E-state index contributed by atoms with van der Waals surface area (Å²) in [6, 6.07) is 25.8. The third kappa shape index (κ3) is 4.41. The molecule has 1 N–H and O–H groups in total. The number of halogens is 1. The monoisotopic (exact) mass is 429 g/mol. The molecule has 0 saturated carbocycles. The van der Waals surface area contributed by atoms with Gasteiger partial charge in [0.05, 0.1) is 15.8 Å². The fraction of sp³-hybridized carbons (Fsp3) is 0.143. The van der Waals surface area contributed by atoms with E-state index in [2.05, 4.69) is 20.7 Å². The summed E-state index contributed by atoms with van der Waals surface area (Å²) in [5.74, 6) is 0. The Morgan fingerprint density at radius 3 is 1.81 bits per heavy atom. The Balaban J connectivity index is 1.97. The van der Waals surface area contributed by atoms with Crippen molar-refractivity contribution < 1.29 is 8.42 Å². The van der Waals surface area contributed by atoms with Gasteiger partial charge in [0.25, 0.3) is 0 Å². The van der Waals surface area contributed by atoms with Crippen molar-refractivity contribution in [2.45, 2.75) is 22.7 Å². The van der Waals surface area contributed by atoms with Gasteiger partial charge in [-0.2, -0.15) is 0 Å². The van der Waals surface area contributed by atoms with Crippen molar-refractivity contribution >= 4 is 26.0 Å². The molecule has 2 atom stereocenters. The highest BCUT2D eigenvalue weighted by atomic mass is 79.9. The number of aryl methyl sites for hydroxylation is 1. The van der Waals surface area contributed by atoms with Crippen LogP contribution in [0.15, 0.2) is 89.8 Å². The van der Waals surface area contributed by atoms with E-state index < -0.39 is 16.1 Å². The van der Waals surface area contributed by atoms with E-state index in [1.54, 1.807) is 24.3 Å². The lowest BCUT2D eigenvalue weighted by Gasteiger charge is -2.25. The normalized spacial score (nSPS) is 13.9. The number of hydrogen-bond donors (Lipinski definition) is 1. The number of alkyl halides is 1. The summed E-state index contributed by atoms with van der Waals surface area (Å²) < 4.78 is 28.7. The highest BCUT2D eigenvalue weighted by molar-refractivity contribution is 9.09. The van der Waals surface area contributed by atoms with Crippen LogP contribution in [0, 0.1) is 6.92 Å². The molecule has 0 spiro atoms. The molecule has 3 aromatic carbocycles. The molecule has 26 heavy (non-hydrogen) atoms. The van der Waals surface area contributed by atoms with Gasteiger partial charge in [0.2, 0.25) is 10.0 Å². The van der Waals surface area contributed by atoms with Crippen molar-refractivity contribution in [3.05, 3.63) is 102 Å². The lowest BCUT2D eigenvalue weighted by atomic mass is 10.00. The first kappa shape index (κ1) is 18.8. The van der Waals surface area contributed by atoms with Crippen LogP contribution in [0.25, 0.3) is 0 Å². The van der Waals surface area contributed by atoms with Crippen LogP contribution in [0.1, 0.15) is 27.6 Å². The first-order chi connectivity index (χ1) is 12.5. The summed E-state index contributed by atoms with van der Waals surface area (Å²) in [7, 11) is -3.66. The van der Waals surface area contributed by atoms with Crippen molar-refractivity contribution in [3.8, 4) is 0 Å². The van der Waals surface area contributed by atoms with Gasteiger partial charge in [0.15, 0.2) is 0 Å². The van der Waals surface area contributed by atoms with E-state index in [4.69, 9.17) is 0 Å². The summed E-state index contributed by atoms with van der Waals surface area (Å²) in [6.45, 7) is 1.93. The van der Waals surface area contributed by atoms with Crippen LogP contribution in [0.2, 0.25) is 0 Å². The standard InChI is InChI=1S/C21H20BrNO2S/c1-16-12-14-19(15-13-16)26(24,25)23-21(18-10-6-3-7-11-18)20(22)17-8-4-2-5-9-17/h2-15,20-21,23H,1H3/t20-,21+/m0/s1. The molecule has 0 amide bonds. The molecule has 0 bridgehead atoms. The van der Waals surface area contributed by atoms with Crippen molar-refractivity contribution in [3.63, 3.8) is 0 Å². The molecule has 0 heterocycles. The average molecular weight is 430 g/mol.